The number of ether oxygens (including phenoxy) is 1. The Morgan fingerprint density at radius 1 is 0.667 bits per heavy atom. The highest BCUT2D eigenvalue weighted by Crippen LogP contribution is 2.24. The first kappa shape index (κ1) is 22.1. The minimum Gasteiger partial charge on any atom is -0.497 e. The maximum Gasteiger partial charge on any atom is 0.127 e. The van der Waals surface area contributed by atoms with Gasteiger partial charge in [-0.05, 0) is 71.7 Å². The van der Waals surface area contributed by atoms with Crippen LogP contribution in [0, 0.1) is 5.82 Å². The van der Waals surface area contributed by atoms with Gasteiger partial charge in [-0.1, -0.05) is 81.1 Å². The van der Waals surface area contributed by atoms with Gasteiger partial charge < -0.3 is 4.74 Å². The van der Waals surface area contributed by atoms with E-state index in [1.54, 1.807) is 13.2 Å². The molecule has 1 nitrogen and oxygen atoms in total. The van der Waals surface area contributed by atoms with Crippen LogP contribution in [0.2, 0.25) is 0 Å². The Kier molecular flexibility index (Phi) is 8.50. The molecule has 158 valence electrons. The lowest BCUT2D eigenvalue weighted by Gasteiger charge is -2.09. The summed E-state index contributed by atoms with van der Waals surface area (Å²) in [6, 6.07) is 22.2. The Morgan fingerprint density at radius 3 is 1.97 bits per heavy atom. The first-order valence-corrected chi connectivity index (χ1v) is 11.2. The molecule has 0 saturated carbocycles. The van der Waals surface area contributed by atoms with Gasteiger partial charge in [0, 0.05) is 0 Å². The van der Waals surface area contributed by atoms with E-state index in [1.165, 1.54) is 43.2 Å². The molecular weight excluding hydrogens is 371 g/mol. The molecule has 0 fully saturated rings. The lowest BCUT2D eigenvalue weighted by atomic mass is 9.98. The fourth-order valence-corrected chi connectivity index (χ4v) is 3.80. The average Bonchev–Trinajstić information content (AvgIpc) is 2.79. The summed E-state index contributed by atoms with van der Waals surface area (Å²) < 4.78 is 19.9. The molecule has 0 saturated heterocycles. The third-order valence-corrected chi connectivity index (χ3v) is 5.75. The smallest absolute Gasteiger partial charge is 0.127 e. The van der Waals surface area contributed by atoms with Crippen molar-refractivity contribution in [2.75, 3.05) is 7.11 Å². The van der Waals surface area contributed by atoms with Crippen LogP contribution in [0.1, 0.15) is 55.7 Å². The summed E-state index contributed by atoms with van der Waals surface area (Å²) in [7, 11) is 1.66. The van der Waals surface area contributed by atoms with E-state index >= 15 is 0 Å². The molecule has 0 N–H and O–H groups in total. The summed E-state index contributed by atoms with van der Waals surface area (Å²) in [5.41, 5.74) is 5.33. The Labute approximate surface area is 180 Å². The van der Waals surface area contributed by atoms with Gasteiger partial charge in [-0.3, -0.25) is 0 Å². The van der Waals surface area contributed by atoms with Crippen LogP contribution >= 0.6 is 0 Å². The van der Waals surface area contributed by atoms with Crippen LogP contribution in [0.25, 0.3) is 11.1 Å². The summed E-state index contributed by atoms with van der Waals surface area (Å²) in [5.74, 6) is 0.720. The summed E-state index contributed by atoms with van der Waals surface area (Å²) >= 11 is 0. The maximum absolute atomic E-state index is 14.7. The second-order valence-electron chi connectivity index (χ2n) is 8.02. The van der Waals surface area contributed by atoms with Crippen LogP contribution < -0.4 is 4.74 Å². The van der Waals surface area contributed by atoms with Gasteiger partial charge in [0.05, 0.1) is 7.11 Å². The molecule has 0 aromatic heterocycles. The Bertz CT molecular complexity index is 897. The van der Waals surface area contributed by atoms with Crippen LogP contribution in [0.3, 0.4) is 0 Å². The fourth-order valence-electron chi connectivity index (χ4n) is 3.80. The van der Waals surface area contributed by atoms with E-state index < -0.39 is 0 Å². The lowest BCUT2D eigenvalue weighted by Crippen LogP contribution is -1.96. The summed E-state index contributed by atoms with van der Waals surface area (Å²) in [4.78, 5) is 0. The molecule has 3 rings (SSSR count). The molecule has 0 radical (unpaired) electrons. The van der Waals surface area contributed by atoms with Crippen molar-refractivity contribution in [2.45, 2.75) is 58.3 Å². The zero-order valence-electron chi connectivity index (χ0n) is 18.3. The van der Waals surface area contributed by atoms with Crippen molar-refractivity contribution >= 4 is 0 Å². The van der Waals surface area contributed by atoms with E-state index in [0.717, 1.165) is 35.3 Å². The molecule has 2 heteroatoms. The zero-order valence-corrected chi connectivity index (χ0v) is 18.3. The van der Waals surface area contributed by atoms with Gasteiger partial charge in [0.25, 0.3) is 0 Å². The van der Waals surface area contributed by atoms with Crippen molar-refractivity contribution in [3.05, 3.63) is 89.2 Å². The molecule has 0 unspecified atom stereocenters. The van der Waals surface area contributed by atoms with Gasteiger partial charge in [0.1, 0.15) is 11.6 Å². The van der Waals surface area contributed by atoms with Crippen molar-refractivity contribution in [1.29, 1.82) is 0 Å². The Hall–Kier alpha value is -2.61. The number of rotatable bonds is 11. The maximum atomic E-state index is 14.7. The van der Waals surface area contributed by atoms with Crippen molar-refractivity contribution in [3.63, 3.8) is 0 Å². The van der Waals surface area contributed by atoms with Gasteiger partial charge in [-0.15, -0.1) is 0 Å². The van der Waals surface area contributed by atoms with E-state index in [2.05, 4.69) is 31.2 Å². The number of unbranched alkanes of at least 4 members (excludes halogenated alkanes) is 4. The minimum absolute atomic E-state index is 0.124. The van der Waals surface area contributed by atoms with Crippen molar-refractivity contribution in [3.8, 4) is 16.9 Å². The largest absolute Gasteiger partial charge is 0.497 e. The molecule has 0 bridgehead atoms. The standard InChI is InChI=1S/C28H33FO/c1-3-4-5-6-7-8-22-9-14-24(15-10-22)26-18-17-25(28(29)21-26)16-11-23-12-19-27(30-2)20-13-23/h9-10,12-15,17-21H,3-8,11,16H2,1-2H3. The molecule has 3 aromatic rings. The minimum atomic E-state index is -0.124. The number of halogens is 1. The van der Waals surface area contributed by atoms with E-state index in [0.29, 0.717) is 6.42 Å². The number of benzene rings is 3. The van der Waals surface area contributed by atoms with Gasteiger partial charge in [-0.2, -0.15) is 0 Å². The van der Waals surface area contributed by atoms with Crippen molar-refractivity contribution in [2.24, 2.45) is 0 Å². The number of hydrogen-bond acceptors (Lipinski definition) is 1. The topological polar surface area (TPSA) is 9.23 Å². The molecular formula is C28H33FO. The molecule has 3 aromatic carbocycles. The van der Waals surface area contributed by atoms with Crippen molar-refractivity contribution in [1.82, 2.24) is 0 Å². The van der Waals surface area contributed by atoms with E-state index in [-0.39, 0.29) is 5.82 Å². The first-order valence-electron chi connectivity index (χ1n) is 11.2. The highest BCUT2D eigenvalue weighted by Gasteiger charge is 2.07. The fraction of sp³-hybridized carbons (Fsp3) is 0.357. The predicted molar refractivity (Wildman–Crippen MR) is 125 cm³/mol. The molecule has 0 aliphatic carbocycles. The van der Waals surface area contributed by atoms with Crippen LogP contribution in [0.5, 0.6) is 5.75 Å². The van der Waals surface area contributed by atoms with Crippen LogP contribution in [0.4, 0.5) is 4.39 Å². The highest BCUT2D eigenvalue weighted by molar-refractivity contribution is 5.64. The molecule has 0 aliphatic heterocycles. The summed E-state index contributed by atoms with van der Waals surface area (Å²) in [5, 5.41) is 0. The number of aryl methyl sites for hydroxylation is 3. The predicted octanol–water partition coefficient (Wildman–Crippen LogP) is 7.80. The van der Waals surface area contributed by atoms with E-state index in [9.17, 15) is 4.39 Å². The first-order chi connectivity index (χ1) is 14.7. The second-order valence-corrected chi connectivity index (χ2v) is 8.02. The van der Waals surface area contributed by atoms with Gasteiger partial charge in [0.15, 0.2) is 0 Å². The molecule has 0 atom stereocenters. The molecule has 0 heterocycles. The Morgan fingerprint density at radius 2 is 1.30 bits per heavy atom. The van der Waals surface area contributed by atoms with Gasteiger partial charge in [-0.25, -0.2) is 4.39 Å². The lowest BCUT2D eigenvalue weighted by molar-refractivity contribution is 0.414. The quantitative estimate of drug-likeness (QED) is 0.296. The number of methoxy groups -OCH3 is 1. The highest BCUT2D eigenvalue weighted by atomic mass is 19.1. The molecule has 0 amide bonds. The van der Waals surface area contributed by atoms with Gasteiger partial charge >= 0.3 is 0 Å². The van der Waals surface area contributed by atoms with Crippen molar-refractivity contribution < 1.29 is 9.13 Å². The van der Waals surface area contributed by atoms with E-state index in [1.807, 2.05) is 36.4 Å². The van der Waals surface area contributed by atoms with Crippen LogP contribution in [0.15, 0.2) is 66.7 Å². The average molecular weight is 405 g/mol. The van der Waals surface area contributed by atoms with E-state index in [4.69, 9.17) is 4.74 Å². The summed E-state index contributed by atoms with van der Waals surface area (Å²) in [6.45, 7) is 2.25. The second kappa shape index (κ2) is 11.5. The monoisotopic (exact) mass is 404 g/mol. The summed E-state index contributed by atoms with van der Waals surface area (Å²) in [6.07, 6.45) is 9.13. The Balaban J connectivity index is 1.56. The molecule has 0 aliphatic rings. The van der Waals surface area contributed by atoms with Crippen LogP contribution in [-0.2, 0) is 19.3 Å². The zero-order chi connectivity index (χ0) is 21.2. The van der Waals surface area contributed by atoms with Crippen LogP contribution in [-0.4, -0.2) is 7.11 Å². The molecule has 0 spiro atoms. The number of hydrogen-bond donors (Lipinski definition) is 0. The van der Waals surface area contributed by atoms with Gasteiger partial charge in [0.2, 0.25) is 0 Å². The SMILES string of the molecule is CCCCCCCc1ccc(-c2ccc(CCc3ccc(OC)cc3)c(F)c2)cc1. The molecule has 30 heavy (non-hydrogen) atoms. The third kappa shape index (κ3) is 6.45. The third-order valence-electron chi connectivity index (χ3n) is 5.75. The normalized spacial score (nSPS) is 10.9.